The first-order valence-electron chi connectivity index (χ1n) is 6.86. The van der Waals surface area contributed by atoms with Gasteiger partial charge >= 0.3 is 0 Å². The molecule has 0 radical (unpaired) electrons. The molecule has 2 fully saturated rings. The van der Waals surface area contributed by atoms with Gasteiger partial charge in [0, 0.05) is 20.1 Å². The Morgan fingerprint density at radius 3 is 2.43 bits per heavy atom. The van der Waals surface area contributed by atoms with Crippen molar-refractivity contribution in [3.05, 3.63) is 12.7 Å². The predicted octanol–water partition coefficient (Wildman–Crippen LogP) is -0.895. The Morgan fingerprint density at radius 1 is 1.22 bits per heavy atom. The van der Waals surface area contributed by atoms with E-state index in [0.717, 1.165) is 5.52 Å². The topological polar surface area (TPSA) is 132 Å². The SMILES string of the molecule is CN1C(=O)[C@H]2CN(c3ncnc4nc[nH]c34)C[C@H]2C1=O.O=CO. The third-order valence-electron chi connectivity index (χ3n) is 4.12. The van der Waals surface area contributed by atoms with E-state index in [1.165, 1.54) is 11.2 Å². The van der Waals surface area contributed by atoms with Gasteiger partial charge in [0.05, 0.1) is 18.2 Å². The zero-order chi connectivity index (χ0) is 16.6. The summed E-state index contributed by atoms with van der Waals surface area (Å²) in [5, 5.41) is 6.89. The Bertz CT molecular complexity index is 751. The van der Waals surface area contributed by atoms with Gasteiger partial charge in [-0.1, -0.05) is 0 Å². The van der Waals surface area contributed by atoms with Gasteiger partial charge in [0.1, 0.15) is 11.8 Å². The van der Waals surface area contributed by atoms with Gasteiger partial charge in [0.25, 0.3) is 6.47 Å². The minimum atomic E-state index is -0.263. The first-order chi connectivity index (χ1) is 11.1. The van der Waals surface area contributed by atoms with E-state index < -0.39 is 0 Å². The molecule has 0 aliphatic carbocycles. The molecular weight excluding hydrogens is 304 g/mol. The van der Waals surface area contributed by atoms with Gasteiger partial charge in [-0.15, -0.1) is 0 Å². The number of carbonyl (C=O) groups is 3. The minimum Gasteiger partial charge on any atom is -0.483 e. The largest absolute Gasteiger partial charge is 0.483 e. The number of aromatic amines is 1. The Labute approximate surface area is 130 Å². The van der Waals surface area contributed by atoms with Crippen LogP contribution in [0, 0.1) is 11.8 Å². The summed E-state index contributed by atoms with van der Waals surface area (Å²) in [6.45, 7) is 0.759. The van der Waals surface area contributed by atoms with Crippen molar-refractivity contribution in [2.75, 3.05) is 25.0 Å². The normalized spacial score (nSPS) is 23.0. The number of amides is 2. The molecule has 120 valence electrons. The molecule has 0 saturated carbocycles. The maximum atomic E-state index is 12.0. The van der Waals surface area contributed by atoms with E-state index in [1.807, 2.05) is 4.90 Å². The Kier molecular flexibility index (Phi) is 3.64. The van der Waals surface area contributed by atoms with Gasteiger partial charge in [-0.3, -0.25) is 19.3 Å². The van der Waals surface area contributed by atoms with Crippen molar-refractivity contribution < 1.29 is 19.5 Å². The smallest absolute Gasteiger partial charge is 0.290 e. The van der Waals surface area contributed by atoms with E-state index in [1.54, 1.807) is 13.4 Å². The average Bonchev–Trinajstić information content (AvgIpc) is 3.23. The van der Waals surface area contributed by atoms with Crippen LogP contribution in [0.1, 0.15) is 0 Å². The number of imide groups is 1. The third kappa shape index (κ3) is 2.28. The highest BCUT2D eigenvalue weighted by atomic mass is 16.3. The van der Waals surface area contributed by atoms with Crippen molar-refractivity contribution in [3.63, 3.8) is 0 Å². The molecule has 4 rings (SSSR count). The minimum absolute atomic E-state index is 0.0996. The first-order valence-corrected chi connectivity index (χ1v) is 6.86. The number of aromatic nitrogens is 4. The first kappa shape index (κ1) is 14.9. The standard InChI is InChI=1S/C12H12N6O2.CH2O2/c1-17-11(19)6-2-18(3-7(6)12(17)20)10-8-9(14-4-13-8)15-5-16-10;2-1-3/h4-7H,2-3H2,1H3,(H,13,14,15,16);1H,(H,2,3)/t6-,7+;. The number of H-pyrrole nitrogens is 1. The van der Waals surface area contributed by atoms with Crippen LogP contribution < -0.4 is 4.90 Å². The Balaban J connectivity index is 0.000000485. The quantitative estimate of drug-likeness (QED) is 0.511. The number of hydrogen-bond donors (Lipinski definition) is 2. The van der Waals surface area contributed by atoms with Crippen LogP contribution in [0.4, 0.5) is 5.82 Å². The van der Waals surface area contributed by atoms with E-state index in [-0.39, 0.29) is 30.1 Å². The average molecular weight is 318 g/mol. The lowest BCUT2D eigenvalue weighted by atomic mass is 10.00. The van der Waals surface area contributed by atoms with Gasteiger partial charge < -0.3 is 15.0 Å². The van der Waals surface area contributed by atoms with Crippen molar-refractivity contribution in [2.24, 2.45) is 11.8 Å². The molecule has 4 heterocycles. The Morgan fingerprint density at radius 2 is 1.83 bits per heavy atom. The number of carboxylic acid groups (broad SMARTS) is 1. The molecule has 2 aromatic rings. The second-order valence-electron chi connectivity index (χ2n) is 5.26. The molecule has 0 aromatic carbocycles. The molecule has 0 unspecified atom stereocenters. The molecule has 2 aliphatic heterocycles. The number of likely N-dealkylation sites (tertiary alicyclic amines) is 1. The van der Waals surface area contributed by atoms with Crippen molar-refractivity contribution in [2.45, 2.75) is 0 Å². The fraction of sp³-hybridized carbons (Fsp3) is 0.385. The number of nitrogens with one attached hydrogen (secondary N) is 1. The molecule has 2 N–H and O–H groups in total. The lowest BCUT2D eigenvalue weighted by molar-refractivity contribution is -0.138. The van der Waals surface area contributed by atoms with Gasteiger partial charge in [-0.25, -0.2) is 15.0 Å². The molecule has 2 saturated heterocycles. The summed E-state index contributed by atoms with van der Waals surface area (Å²) in [7, 11) is 1.55. The van der Waals surface area contributed by atoms with Crippen molar-refractivity contribution in [3.8, 4) is 0 Å². The molecule has 10 nitrogen and oxygen atoms in total. The van der Waals surface area contributed by atoms with Crippen molar-refractivity contribution in [1.29, 1.82) is 0 Å². The van der Waals surface area contributed by atoms with Crippen LogP contribution >= 0.6 is 0 Å². The fourth-order valence-corrected chi connectivity index (χ4v) is 3.08. The van der Waals surface area contributed by atoms with E-state index in [9.17, 15) is 9.59 Å². The van der Waals surface area contributed by atoms with Crippen LogP contribution in [0.25, 0.3) is 11.2 Å². The second-order valence-corrected chi connectivity index (χ2v) is 5.26. The number of hydrogen-bond acceptors (Lipinski definition) is 7. The van der Waals surface area contributed by atoms with Gasteiger partial charge in [0.15, 0.2) is 11.5 Å². The van der Waals surface area contributed by atoms with Gasteiger partial charge in [-0.05, 0) is 0 Å². The highest BCUT2D eigenvalue weighted by Gasteiger charge is 2.51. The zero-order valence-electron chi connectivity index (χ0n) is 12.2. The van der Waals surface area contributed by atoms with E-state index in [4.69, 9.17) is 9.90 Å². The predicted molar refractivity (Wildman–Crippen MR) is 77.3 cm³/mol. The molecule has 0 bridgehead atoms. The maximum absolute atomic E-state index is 12.0. The van der Waals surface area contributed by atoms with Crippen LogP contribution in [0.3, 0.4) is 0 Å². The van der Waals surface area contributed by atoms with E-state index >= 15 is 0 Å². The van der Waals surface area contributed by atoms with Gasteiger partial charge in [0.2, 0.25) is 11.8 Å². The van der Waals surface area contributed by atoms with Crippen molar-refractivity contribution in [1.82, 2.24) is 24.8 Å². The van der Waals surface area contributed by atoms with Crippen molar-refractivity contribution >= 4 is 35.3 Å². The summed E-state index contributed by atoms with van der Waals surface area (Å²) < 4.78 is 0. The molecule has 10 heteroatoms. The molecule has 2 atom stereocenters. The summed E-state index contributed by atoms with van der Waals surface area (Å²) in [5.74, 6) is -0.0270. The lowest BCUT2D eigenvalue weighted by Gasteiger charge is -2.19. The van der Waals surface area contributed by atoms with Crippen LogP contribution in [-0.2, 0) is 14.4 Å². The molecule has 2 aromatic heterocycles. The van der Waals surface area contributed by atoms with Crippen LogP contribution in [0.15, 0.2) is 12.7 Å². The maximum Gasteiger partial charge on any atom is 0.290 e. The third-order valence-corrected chi connectivity index (χ3v) is 4.12. The fourth-order valence-electron chi connectivity index (χ4n) is 3.08. The summed E-state index contributed by atoms with van der Waals surface area (Å²) >= 11 is 0. The number of anilines is 1. The Hall–Kier alpha value is -3.04. The number of imidazole rings is 1. The summed E-state index contributed by atoms with van der Waals surface area (Å²) in [5.41, 5.74) is 1.32. The summed E-state index contributed by atoms with van der Waals surface area (Å²) in [6.07, 6.45) is 3.01. The van der Waals surface area contributed by atoms with E-state index in [0.29, 0.717) is 24.6 Å². The molecule has 0 spiro atoms. The number of rotatable bonds is 1. The molecule has 23 heavy (non-hydrogen) atoms. The molecular formula is C13H14N6O4. The second kappa shape index (κ2) is 5.63. The zero-order valence-corrected chi connectivity index (χ0v) is 12.2. The lowest BCUT2D eigenvalue weighted by Crippen LogP contribution is -2.33. The summed E-state index contributed by atoms with van der Waals surface area (Å²) in [6, 6.07) is 0. The number of nitrogens with zero attached hydrogens (tertiary/aromatic N) is 5. The molecule has 2 amide bonds. The van der Waals surface area contributed by atoms with Crippen LogP contribution in [-0.4, -0.2) is 68.4 Å². The van der Waals surface area contributed by atoms with E-state index in [2.05, 4.69) is 19.9 Å². The highest BCUT2D eigenvalue weighted by molar-refractivity contribution is 6.06. The number of fused-ring (bicyclic) bond motifs is 2. The monoisotopic (exact) mass is 318 g/mol. The highest BCUT2D eigenvalue weighted by Crippen LogP contribution is 2.35. The summed E-state index contributed by atoms with van der Waals surface area (Å²) in [4.78, 5) is 51.0. The van der Waals surface area contributed by atoms with Crippen LogP contribution in [0.2, 0.25) is 0 Å². The van der Waals surface area contributed by atoms with Gasteiger partial charge in [-0.2, -0.15) is 0 Å². The number of carbonyl (C=O) groups excluding carboxylic acids is 2. The molecule has 2 aliphatic rings. The van der Waals surface area contributed by atoms with Crippen LogP contribution in [0.5, 0.6) is 0 Å².